The third-order valence-electron chi connectivity index (χ3n) is 5.33. The molecule has 3 amide bonds. The summed E-state index contributed by atoms with van der Waals surface area (Å²) in [5.74, 6) is 5.02. The van der Waals surface area contributed by atoms with Gasteiger partial charge in [0.05, 0.1) is 6.10 Å². The molecule has 0 unspecified atom stereocenters. The number of aliphatic hydroxyl groups is 1. The number of nitrogens with one attached hydrogen (secondary N) is 2. The van der Waals surface area contributed by atoms with Gasteiger partial charge in [-0.15, -0.1) is 5.92 Å². The third-order valence-corrected chi connectivity index (χ3v) is 5.33. The minimum absolute atomic E-state index is 0.0177. The second-order valence-corrected chi connectivity index (χ2v) is 10.6. The zero-order chi connectivity index (χ0) is 25.7. The van der Waals surface area contributed by atoms with Gasteiger partial charge >= 0.3 is 6.09 Å². The summed E-state index contributed by atoms with van der Waals surface area (Å²) in [6.07, 6.45) is -1.40. The molecule has 2 rings (SSSR count). The van der Waals surface area contributed by atoms with Gasteiger partial charge < -0.3 is 25.4 Å². The maximum atomic E-state index is 13.5. The number of hydrogen-bond acceptors (Lipinski definition) is 5. The highest BCUT2D eigenvalue weighted by Gasteiger charge is 2.44. The molecule has 1 fully saturated rings. The molecule has 0 radical (unpaired) electrons. The second kappa shape index (κ2) is 10.9. The number of hydrogen-bond donors (Lipinski definition) is 3. The van der Waals surface area contributed by atoms with Crippen molar-refractivity contribution in [1.82, 2.24) is 15.5 Å². The fourth-order valence-corrected chi connectivity index (χ4v) is 3.70. The Morgan fingerprint density at radius 3 is 2.29 bits per heavy atom. The molecule has 1 aromatic rings. The predicted octanol–water partition coefficient (Wildman–Crippen LogP) is 2.58. The van der Waals surface area contributed by atoms with E-state index in [1.54, 1.807) is 27.7 Å². The smallest absolute Gasteiger partial charge is 0.408 e. The number of β-amino-alcohol motifs (C(OH)–C–C–N with tert-alkyl or cyclic N) is 1. The molecule has 186 valence electrons. The van der Waals surface area contributed by atoms with Crippen molar-refractivity contribution >= 4 is 17.9 Å². The molecule has 1 aliphatic rings. The van der Waals surface area contributed by atoms with E-state index in [0.717, 1.165) is 11.1 Å². The summed E-state index contributed by atoms with van der Waals surface area (Å²) in [5, 5.41) is 15.8. The quantitative estimate of drug-likeness (QED) is 0.572. The highest BCUT2D eigenvalue weighted by atomic mass is 16.6. The first-order valence-corrected chi connectivity index (χ1v) is 11.5. The fraction of sp³-hybridized carbons (Fsp3) is 0.577. The van der Waals surface area contributed by atoms with Gasteiger partial charge in [0, 0.05) is 25.1 Å². The van der Waals surface area contributed by atoms with Crippen molar-refractivity contribution in [3.05, 3.63) is 35.4 Å². The molecule has 0 spiro atoms. The van der Waals surface area contributed by atoms with Crippen molar-refractivity contribution in [1.29, 1.82) is 0 Å². The SMILES string of the molecule is CC#Cc1ccc(CNC(=O)[C@@H]2C[C@@H](O)CN2C(=O)[C@@H](NC(=O)OC(C)(C)C)C(C)(C)C)cc1. The lowest BCUT2D eigenvalue weighted by Crippen LogP contribution is -2.58. The van der Waals surface area contributed by atoms with E-state index in [1.165, 1.54) is 4.90 Å². The molecule has 0 saturated carbocycles. The highest BCUT2D eigenvalue weighted by Crippen LogP contribution is 2.26. The van der Waals surface area contributed by atoms with Crippen molar-refractivity contribution in [2.45, 2.75) is 85.2 Å². The zero-order valence-corrected chi connectivity index (χ0v) is 21.2. The summed E-state index contributed by atoms with van der Waals surface area (Å²) < 4.78 is 5.32. The van der Waals surface area contributed by atoms with Gasteiger partial charge in [-0.2, -0.15) is 0 Å². The Labute approximate surface area is 202 Å². The molecular formula is C26H37N3O5. The van der Waals surface area contributed by atoms with Crippen molar-refractivity contribution in [2.75, 3.05) is 6.54 Å². The Morgan fingerprint density at radius 1 is 1.15 bits per heavy atom. The highest BCUT2D eigenvalue weighted by molar-refractivity contribution is 5.92. The molecule has 8 heteroatoms. The number of amides is 3. The van der Waals surface area contributed by atoms with Gasteiger partial charge in [0.25, 0.3) is 0 Å². The first kappa shape index (κ1) is 27.2. The standard InChI is InChI=1S/C26H37N3O5/c1-8-9-17-10-12-18(13-11-17)15-27-22(31)20-14-19(30)16-29(20)23(32)21(25(2,3)4)28-24(33)34-26(5,6)7/h10-13,19-21,30H,14-16H2,1-7H3,(H,27,31)(H,28,33)/t19-,20+,21-/m1/s1. The molecule has 0 aromatic heterocycles. The third kappa shape index (κ3) is 7.77. The number of alkyl carbamates (subject to hydrolysis) is 1. The molecule has 1 heterocycles. The summed E-state index contributed by atoms with van der Waals surface area (Å²) in [6.45, 7) is 12.7. The van der Waals surface area contributed by atoms with E-state index in [4.69, 9.17) is 4.74 Å². The topological polar surface area (TPSA) is 108 Å². The van der Waals surface area contributed by atoms with Crippen molar-refractivity contribution in [3.63, 3.8) is 0 Å². The van der Waals surface area contributed by atoms with Gasteiger partial charge in [-0.3, -0.25) is 9.59 Å². The van der Waals surface area contributed by atoms with Crippen LogP contribution in [0.25, 0.3) is 0 Å². The molecule has 34 heavy (non-hydrogen) atoms. The van der Waals surface area contributed by atoms with E-state index in [1.807, 2.05) is 45.0 Å². The minimum atomic E-state index is -0.935. The number of carbonyl (C=O) groups is 3. The van der Waals surface area contributed by atoms with Crippen LogP contribution in [0.15, 0.2) is 24.3 Å². The molecule has 1 saturated heterocycles. The van der Waals surface area contributed by atoms with Crippen molar-refractivity contribution in [3.8, 4) is 11.8 Å². The van der Waals surface area contributed by atoms with Gasteiger partial charge in [0.2, 0.25) is 11.8 Å². The zero-order valence-electron chi connectivity index (χ0n) is 21.2. The molecule has 3 N–H and O–H groups in total. The Hall–Kier alpha value is -3.05. The largest absolute Gasteiger partial charge is 0.444 e. The number of nitrogens with zero attached hydrogens (tertiary/aromatic N) is 1. The van der Waals surface area contributed by atoms with E-state index in [-0.39, 0.29) is 25.4 Å². The summed E-state index contributed by atoms with van der Waals surface area (Å²) in [4.78, 5) is 40.2. The van der Waals surface area contributed by atoms with Gasteiger partial charge in [-0.05, 0) is 50.8 Å². The fourth-order valence-electron chi connectivity index (χ4n) is 3.70. The minimum Gasteiger partial charge on any atom is -0.444 e. The van der Waals surface area contributed by atoms with E-state index in [9.17, 15) is 19.5 Å². The Bertz CT molecular complexity index is 948. The van der Waals surface area contributed by atoms with Crippen LogP contribution in [0.3, 0.4) is 0 Å². The van der Waals surface area contributed by atoms with Crippen LogP contribution in [0.4, 0.5) is 4.79 Å². The first-order valence-electron chi connectivity index (χ1n) is 11.5. The number of aliphatic hydroxyl groups excluding tert-OH is 1. The lowest BCUT2D eigenvalue weighted by atomic mass is 9.85. The summed E-state index contributed by atoms with van der Waals surface area (Å²) in [7, 11) is 0. The van der Waals surface area contributed by atoms with E-state index in [0.29, 0.717) is 0 Å². The summed E-state index contributed by atoms with van der Waals surface area (Å²) in [6, 6.07) is 5.75. The Kier molecular flexibility index (Phi) is 8.73. The molecular weight excluding hydrogens is 434 g/mol. The van der Waals surface area contributed by atoms with Crippen molar-refractivity contribution < 1.29 is 24.2 Å². The lowest BCUT2D eigenvalue weighted by Gasteiger charge is -2.35. The molecule has 0 bridgehead atoms. The molecule has 1 aromatic carbocycles. The van der Waals surface area contributed by atoms with E-state index >= 15 is 0 Å². The second-order valence-electron chi connectivity index (χ2n) is 10.6. The van der Waals surface area contributed by atoms with Crippen molar-refractivity contribution in [2.24, 2.45) is 5.41 Å². The van der Waals surface area contributed by atoms with E-state index in [2.05, 4.69) is 22.5 Å². The molecule has 3 atom stereocenters. The number of benzene rings is 1. The lowest BCUT2D eigenvalue weighted by molar-refractivity contribution is -0.142. The number of likely N-dealkylation sites (tertiary alicyclic amines) is 1. The van der Waals surface area contributed by atoms with Crippen LogP contribution in [0.1, 0.15) is 66.0 Å². The van der Waals surface area contributed by atoms with Crippen LogP contribution < -0.4 is 10.6 Å². The average molecular weight is 472 g/mol. The van der Waals surface area contributed by atoms with E-state index < -0.39 is 41.2 Å². The normalized spacial score (nSPS) is 19.0. The summed E-state index contributed by atoms with van der Waals surface area (Å²) >= 11 is 0. The Morgan fingerprint density at radius 2 is 1.76 bits per heavy atom. The molecule has 8 nitrogen and oxygen atoms in total. The Balaban J connectivity index is 2.12. The number of carbonyl (C=O) groups excluding carboxylic acids is 3. The summed E-state index contributed by atoms with van der Waals surface area (Å²) in [5.41, 5.74) is 0.416. The van der Waals surface area contributed by atoms with Gasteiger partial charge in [0.1, 0.15) is 17.7 Å². The van der Waals surface area contributed by atoms with Crippen LogP contribution in [-0.4, -0.2) is 58.2 Å². The maximum absolute atomic E-state index is 13.5. The molecule has 0 aliphatic carbocycles. The molecule has 1 aliphatic heterocycles. The van der Waals surface area contributed by atoms with Crippen LogP contribution in [0.5, 0.6) is 0 Å². The van der Waals surface area contributed by atoms with Gasteiger partial charge in [-0.1, -0.05) is 38.8 Å². The van der Waals surface area contributed by atoms with Gasteiger partial charge in [-0.25, -0.2) is 4.79 Å². The first-order chi connectivity index (χ1) is 15.7. The average Bonchev–Trinajstić information content (AvgIpc) is 3.11. The van der Waals surface area contributed by atoms with Crippen LogP contribution >= 0.6 is 0 Å². The predicted molar refractivity (Wildman–Crippen MR) is 130 cm³/mol. The van der Waals surface area contributed by atoms with Crippen LogP contribution in [0.2, 0.25) is 0 Å². The van der Waals surface area contributed by atoms with Crippen LogP contribution in [0, 0.1) is 17.3 Å². The van der Waals surface area contributed by atoms with Gasteiger partial charge in [0.15, 0.2) is 0 Å². The number of ether oxygens (including phenoxy) is 1. The van der Waals surface area contributed by atoms with Crippen LogP contribution in [-0.2, 0) is 20.9 Å². The monoisotopic (exact) mass is 471 g/mol. The number of rotatable bonds is 5. The maximum Gasteiger partial charge on any atom is 0.408 e.